The van der Waals surface area contributed by atoms with E-state index in [0.717, 1.165) is 50.8 Å². The summed E-state index contributed by atoms with van der Waals surface area (Å²) in [6, 6.07) is 80.3. The lowest BCUT2D eigenvalue weighted by Crippen LogP contribution is -2.61. The van der Waals surface area contributed by atoms with Crippen LogP contribution < -0.4 is 26.2 Å². The lowest BCUT2D eigenvalue weighted by atomic mass is 9.33. The molecule has 0 radical (unpaired) electrons. The molecule has 1 aromatic heterocycles. The summed E-state index contributed by atoms with van der Waals surface area (Å²) in [6.45, 7) is 28.0. The highest BCUT2D eigenvalue weighted by Gasteiger charge is 2.45. The Morgan fingerprint density at radius 3 is 0.952 bits per heavy atom. The highest BCUT2D eigenvalue weighted by molar-refractivity contribution is 7.00. The molecule has 0 saturated carbocycles. The van der Waals surface area contributed by atoms with E-state index < -0.39 is 0 Å². The second-order valence-corrected chi connectivity index (χ2v) is 27.7. The summed E-state index contributed by atoms with van der Waals surface area (Å²) in [5.41, 5.74) is 20.1. The van der Waals surface area contributed by atoms with Crippen LogP contribution in [0.1, 0.15) is 105 Å². The molecule has 0 spiro atoms. The first-order chi connectivity index (χ1) is 39.6. The molecule has 0 fully saturated rings. The van der Waals surface area contributed by atoms with E-state index in [1.54, 1.807) is 0 Å². The van der Waals surface area contributed by atoms with Crippen molar-refractivity contribution in [3.05, 3.63) is 235 Å². The standard InChI is InChI=1S/C78H71BN4/c1-75(2,3)59-41-60(76(4,5)6)44-63(43-59)82-69-37-56-33-52-29-21-19-27-50(52)31-54(56)35-65(69)79-66-36-55-32-51-28-20-22-30-53(51)34-57(55)38-70(66)83(64-45-61(77(7,8)9)42-62(46-64)78(10,11)12)72-40-58(39-71(82)73(72)79)74-80-67(48-23-15-13-16-24-48)47-68(81-74)49-25-17-14-18-26-49/h13-47H,1-12H3. The van der Waals surface area contributed by atoms with Gasteiger partial charge in [0.15, 0.2) is 5.82 Å². The van der Waals surface area contributed by atoms with Crippen molar-refractivity contribution in [3.8, 4) is 33.9 Å². The van der Waals surface area contributed by atoms with Crippen LogP contribution in [0.3, 0.4) is 0 Å². The molecule has 0 bridgehead atoms. The minimum atomic E-state index is -0.157. The molecule has 0 N–H and O–H groups in total. The minimum absolute atomic E-state index is 0.135. The monoisotopic (exact) mass is 1070 g/mol. The molecule has 2 aliphatic rings. The first kappa shape index (κ1) is 52.3. The van der Waals surface area contributed by atoms with Crippen LogP contribution in [0.4, 0.5) is 34.1 Å². The summed E-state index contributed by atoms with van der Waals surface area (Å²) in [7, 11) is 0. The maximum atomic E-state index is 5.62. The topological polar surface area (TPSA) is 32.3 Å². The fraction of sp³-hybridized carbons (Fsp3) is 0.205. The molecule has 406 valence electrons. The molecule has 0 atom stereocenters. The maximum Gasteiger partial charge on any atom is 0.252 e. The number of anilines is 6. The van der Waals surface area contributed by atoms with Gasteiger partial charge in [-0.3, -0.25) is 0 Å². The van der Waals surface area contributed by atoms with Crippen LogP contribution in [-0.4, -0.2) is 16.7 Å². The number of benzene rings is 11. The van der Waals surface area contributed by atoms with Gasteiger partial charge in [-0.1, -0.05) is 217 Å². The molecule has 5 heteroatoms. The predicted molar refractivity (Wildman–Crippen MR) is 357 cm³/mol. The van der Waals surface area contributed by atoms with E-state index in [9.17, 15) is 0 Å². The van der Waals surface area contributed by atoms with Crippen LogP contribution >= 0.6 is 0 Å². The van der Waals surface area contributed by atoms with Crippen molar-refractivity contribution in [2.75, 3.05) is 9.80 Å². The van der Waals surface area contributed by atoms with Crippen LogP contribution in [0, 0.1) is 0 Å². The number of rotatable bonds is 5. The van der Waals surface area contributed by atoms with Crippen LogP contribution in [-0.2, 0) is 21.7 Å². The first-order valence-electron chi connectivity index (χ1n) is 29.6. The Bertz CT molecular complexity index is 4260. The molecule has 2 aliphatic heterocycles. The van der Waals surface area contributed by atoms with Gasteiger partial charge in [0.2, 0.25) is 0 Å². The number of nitrogens with zero attached hydrogens (tertiary/aromatic N) is 4. The quantitative estimate of drug-likeness (QED) is 0.127. The van der Waals surface area contributed by atoms with Crippen molar-refractivity contribution in [2.24, 2.45) is 0 Å². The van der Waals surface area contributed by atoms with Crippen LogP contribution in [0.2, 0.25) is 0 Å². The van der Waals surface area contributed by atoms with Crippen molar-refractivity contribution in [3.63, 3.8) is 0 Å². The third-order valence-corrected chi connectivity index (χ3v) is 17.7. The summed E-state index contributed by atoms with van der Waals surface area (Å²) in [5.74, 6) is 0.671. The van der Waals surface area contributed by atoms with E-state index in [-0.39, 0.29) is 28.4 Å². The molecular weight excluding hydrogens is 1000 g/mol. The highest BCUT2D eigenvalue weighted by atomic mass is 15.2. The fourth-order valence-electron chi connectivity index (χ4n) is 12.9. The van der Waals surface area contributed by atoms with Crippen molar-refractivity contribution < 1.29 is 0 Å². The van der Waals surface area contributed by atoms with E-state index in [4.69, 9.17) is 9.97 Å². The van der Waals surface area contributed by atoms with E-state index in [2.05, 4.69) is 305 Å². The summed E-state index contributed by atoms with van der Waals surface area (Å²) in [4.78, 5) is 16.5. The Hall–Kier alpha value is -8.80. The van der Waals surface area contributed by atoms with Gasteiger partial charge in [-0.15, -0.1) is 0 Å². The van der Waals surface area contributed by atoms with Gasteiger partial charge in [0, 0.05) is 50.8 Å². The highest BCUT2D eigenvalue weighted by Crippen LogP contribution is 2.50. The van der Waals surface area contributed by atoms with E-state index in [1.165, 1.54) is 93.1 Å². The number of aromatic nitrogens is 2. The van der Waals surface area contributed by atoms with Gasteiger partial charge in [-0.05, 0) is 182 Å². The zero-order valence-electron chi connectivity index (χ0n) is 50.1. The van der Waals surface area contributed by atoms with Crippen LogP contribution in [0.25, 0.3) is 77.0 Å². The van der Waals surface area contributed by atoms with Gasteiger partial charge in [0.05, 0.1) is 11.4 Å². The second-order valence-electron chi connectivity index (χ2n) is 27.7. The van der Waals surface area contributed by atoms with Gasteiger partial charge in [0.25, 0.3) is 6.71 Å². The Balaban J connectivity index is 1.18. The summed E-state index contributed by atoms with van der Waals surface area (Å²) in [5, 5.41) is 9.80. The van der Waals surface area contributed by atoms with Gasteiger partial charge in [0.1, 0.15) is 0 Å². The zero-order chi connectivity index (χ0) is 57.5. The molecule has 3 heterocycles. The predicted octanol–water partition coefficient (Wildman–Crippen LogP) is 19.4. The third kappa shape index (κ3) is 9.17. The molecule has 0 amide bonds. The molecule has 83 heavy (non-hydrogen) atoms. The lowest BCUT2D eigenvalue weighted by Gasteiger charge is -2.45. The van der Waals surface area contributed by atoms with Crippen molar-refractivity contribution in [1.29, 1.82) is 0 Å². The summed E-state index contributed by atoms with van der Waals surface area (Å²) < 4.78 is 0. The summed E-state index contributed by atoms with van der Waals surface area (Å²) in [6.07, 6.45) is 0. The minimum Gasteiger partial charge on any atom is -0.311 e. The molecular formula is C78H71BN4. The molecule has 14 rings (SSSR count). The first-order valence-corrected chi connectivity index (χ1v) is 29.6. The smallest absolute Gasteiger partial charge is 0.252 e. The number of hydrogen-bond acceptors (Lipinski definition) is 4. The Morgan fingerprint density at radius 1 is 0.289 bits per heavy atom. The average Bonchev–Trinajstić information content (AvgIpc) is 2.57. The molecule has 12 aromatic rings. The van der Waals surface area contributed by atoms with Gasteiger partial charge in [-0.25, -0.2) is 9.97 Å². The van der Waals surface area contributed by atoms with Crippen molar-refractivity contribution >= 4 is 100 Å². The molecule has 0 unspecified atom stereocenters. The van der Waals surface area contributed by atoms with Crippen LogP contribution in [0.15, 0.2) is 212 Å². The van der Waals surface area contributed by atoms with Gasteiger partial charge < -0.3 is 9.80 Å². The maximum absolute atomic E-state index is 5.62. The Labute approximate surface area is 490 Å². The van der Waals surface area contributed by atoms with E-state index in [0.29, 0.717) is 5.82 Å². The van der Waals surface area contributed by atoms with E-state index >= 15 is 0 Å². The van der Waals surface area contributed by atoms with E-state index in [1.807, 2.05) is 0 Å². The van der Waals surface area contributed by atoms with Crippen molar-refractivity contribution in [2.45, 2.75) is 105 Å². The SMILES string of the molecule is CC(C)(C)c1cc(N2c3cc4cc5ccccc5cc4cc3B3c4cc5cc6ccccc6cc5cc4N(c4cc(C(C)(C)C)cc(C(C)(C)C)c4)c4cc(-c5nc(-c6ccccc6)cc(-c6ccccc6)n5)cc2c43)cc(C(C)(C)C)c1. The molecule has 0 saturated heterocycles. The van der Waals surface area contributed by atoms with Gasteiger partial charge >= 0.3 is 0 Å². The molecule has 0 aliphatic carbocycles. The Morgan fingerprint density at radius 2 is 0.614 bits per heavy atom. The fourth-order valence-corrected chi connectivity index (χ4v) is 12.9. The average molecular weight is 1080 g/mol. The zero-order valence-corrected chi connectivity index (χ0v) is 50.1. The van der Waals surface area contributed by atoms with Crippen LogP contribution in [0.5, 0.6) is 0 Å². The number of fused-ring (bicyclic) bond motifs is 8. The largest absolute Gasteiger partial charge is 0.311 e. The molecule has 11 aromatic carbocycles. The molecule has 4 nitrogen and oxygen atoms in total. The lowest BCUT2D eigenvalue weighted by molar-refractivity contribution is 0.568. The summed E-state index contributed by atoms with van der Waals surface area (Å²) >= 11 is 0. The van der Waals surface area contributed by atoms with Crippen molar-refractivity contribution in [1.82, 2.24) is 9.97 Å². The number of hydrogen-bond donors (Lipinski definition) is 0. The normalized spacial score (nSPS) is 13.5. The Kier molecular flexibility index (Phi) is 11.9. The second kappa shape index (κ2) is 18.9. The third-order valence-electron chi connectivity index (χ3n) is 17.7. The van der Waals surface area contributed by atoms with Gasteiger partial charge in [-0.2, -0.15) is 0 Å².